The van der Waals surface area contributed by atoms with E-state index >= 15 is 0 Å². The molecule has 2 aromatic rings. The summed E-state index contributed by atoms with van der Waals surface area (Å²) in [6.07, 6.45) is 1.30. The number of ether oxygens (including phenoxy) is 2. The number of carbonyl (C=O) groups excluding carboxylic acids is 3. The summed E-state index contributed by atoms with van der Waals surface area (Å²) in [4.78, 5) is 37.5. The number of carbonyl (C=O) groups is 3. The lowest BCUT2D eigenvalue weighted by molar-refractivity contribution is -0.149. The van der Waals surface area contributed by atoms with Crippen LogP contribution in [0.2, 0.25) is 5.02 Å². The number of nitrogens with zero attached hydrogens (tertiary/aromatic N) is 1. The number of imide groups is 1. The summed E-state index contributed by atoms with van der Waals surface area (Å²) in [7, 11) is 0. The van der Waals surface area contributed by atoms with Gasteiger partial charge in [-0.15, -0.1) is 0 Å². The van der Waals surface area contributed by atoms with Crippen LogP contribution in [0, 0.1) is 0 Å². The number of amides is 2. The van der Waals surface area contributed by atoms with Crippen LogP contribution in [-0.2, 0) is 20.9 Å². The van der Waals surface area contributed by atoms with Crippen molar-refractivity contribution >= 4 is 46.6 Å². The Labute approximate surface area is 183 Å². The minimum Gasteiger partial charge on any atom is -0.489 e. The van der Waals surface area contributed by atoms with Gasteiger partial charge in [-0.3, -0.25) is 19.3 Å². The maximum absolute atomic E-state index is 12.5. The molecule has 1 saturated heterocycles. The molecule has 0 atom stereocenters. The van der Waals surface area contributed by atoms with Crippen LogP contribution < -0.4 is 4.74 Å². The van der Waals surface area contributed by atoms with Gasteiger partial charge in [0.25, 0.3) is 11.1 Å². The van der Waals surface area contributed by atoms with Gasteiger partial charge >= 0.3 is 5.97 Å². The van der Waals surface area contributed by atoms with Crippen molar-refractivity contribution in [2.45, 2.75) is 26.6 Å². The predicted molar refractivity (Wildman–Crippen MR) is 116 cm³/mol. The third kappa shape index (κ3) is 5.87. The summed E-state index contributed by atoms with van der Waals surface area (Å²) in [5, 5.41) is 0.159. The molecule has 2 amide bonds. The lowest BCUT2D eigenvalue weighted by Gasteiger charge is -2.13. The van der Waals surface area contributed by atoms with E-state index in [1.165, 1.54) is 0 Å². The maximum Gasteiger partial charge on any atom is 0.326 e. The van der Waals surface area contributed by atoms with Gasteiger partial charge in [-0.05, 0) is 67.1 Å². The molecule has 0 saturated carbocycles. The van der Waals surface area contributed by atoms with Gasteiger partial charge in [0.15, 0.2) is 0 Å². The van der Waals surface area contributed by atoms with Crippen LogP contribution in [0.4, 0.5) is 4.79 Å². The second-order valence-corrected chi connectivity index (χ2v) is 8.22. The van der Waals surface area contributed by atoms with E-state index in [2.05, 4.69) is 0 Å². The number of thioether (sulfide) groups is 1. The molecule has 2 aromatic carbocycles. The van der Waals surface area contributed by atoms with Crippen LogP contribution in [0.5, 0.6) is 5.75 Å². The standard InChI is InChI=1S/C22H20ClNO5S/c1-14(2)29-20(25)12-24-21(26)19(30-22(24)27)11-15-6-8-18(9-7-15)28-13-16-4-3-5-17(23)10-16/h3-11,14H,12-13H2,1-2H3/b19-11-. The fourth-order valence-corrected chi connectivity index (χ4v) is 3.72. The van der Waals surface area contributed by atoms with Crippen molar-refractivity contribution in [2.75, 3.05) is 6.54 Å². The first-order chi connectivity index (χ1) is 14.3. The highest BCUT2D eigenvalue weighted by Gasteiger charge is 2.36. The molecule has 0 N–H and O–H groups in total. The molecule has 0 unspecified atom stereocenters. The van der Waals surface area contributed by atoms with Crippen molar-refractivity contribution in [3.8, 4) is 5.75 Å². The Balaban J connectivity index is 1.61. The Hall–Kier alpha value is -2.77. The molecule has 0 bridgehead atoms. The van der Waals surface area contributed by atoms with E-state index in [0.29, 0.717) is 17.4 Å². The number of hydrogen-bond acceptors (Lipinski definition) is 6. The summed E-state index contributed by atoms with van der Waals surface area (Å²) in [5.74, 6) is -0.460. The quantitative estimate of drug-likeness (QED) is 0.445. The van der Waals surface area contributed by atoms with Crippen LogP contribution in [0.1, 0.15) is 25.0 Å². The fraction of sp³-hybridized carbons (Fsp3) is 0.227. The van der Waals surface area contributed by atoms with Gasteiger partial charge in [0.05, 0.1) is 11.0 Å². The zero-order valence-corrected chi connectivity index (χ0v) is 18.0. The van der Waals surface area contributed by atoms with Gasteiger partial charge < -0.3 is 9.47 Å². The molecule has 0 spiro atoms. The molecule has 30 heavy (non-hydrogen) atoms. The first kappa shape index (κ1) is 21.9. The predicted octanol–water partition coefficient (Wildman–Crippen LogP) is 4.91. The average Bonchev–Trinajstić information content (AvgIpc) is 2.94. The molecule has 156 valence electrons. The summed E-state index contributed by atoms with van der Waals surface area (Å²) >= 11 is 6.76. The van der Waals surface area contributed by atoms with Gasteiger partial charge in [0, 0.05) is 5.02 Å². The molecule has 1 aliphatic rings. The Bertz CT molecular complexity index is 987. The lowest BCUT2D eigenvalue weighted by Crippen LogP contribution is -2.35. The molecule has 0 aromatic heterocycles. The van der Waals surface area contributed by atoms with Crippen molar-refractivity contribution < 1.29 is 23.9 Å². The minimum atomic E-state index is -0.616. The normalized spacial score (nSPS) is 15.2. The monoisotopic (exact) mass is 445 g/mol. The molecule has 1 fully saturated rings. The van der Waals surface area contributed by atoms with Crippen LogP contribution in [0.15, 0.2) is 53.4 Å². The molecule has 3 rings (SSSR count). The minimum absolute atomic E-state index is 0.255. The van der Waals surface area contributed by atoms with Gasteiger partial charge in [-0.2, -0.15) is 0 Å². The smallest absolute Gasteiger partial charge is 0.326 e. The Morgan fingerprint density at radius 2 is 1.90 bits per heavy atom. The van der Waals surface area contributed by atoms with E-state index in [1.807, 2.05) is 18.2 Å². The van der Waals surface area contributed by atoms with Gasteiger partial charge in [0.1, 0.15) is 18.9 Å². The van der Waals surface area contributed by atoms with E-state index < -0.39 is 23.7 Å². The highest BCUT2D eigenvalue weighted by atomic mass is 35.5. The van der Waals surface area contributed by atoms with E-state index in [0.717, 1.165) is 27.8 Å². The van der Waals surface area contributed by atoms with Gasteiger partial charge in [-0.25, -0.2) is 0 Å². The van der Waals surface area contributed by atoms with Crippen molar-refractivity contribution in [2.24, 2.45) is 0 Å². The number of hydrogen-bond donors (Lipinski definition) is 0. The Morgan fingerprint density at radius 3 is 2.57 bits per heavy atom. The summed E-state index contributed by atoms with van der Waals surface area (Å²) < 4.78 is 10.7. The number of rotatable bonds is 7. The zero-order valence-electron chi connectivity index (χ0n) is 16.5. The largest absolute Gasteiger partial charge is 0.489 e. The summed E-state index contributed by atoms with van der Waals surface area (Å²) in [6.45, 7) is 3.39. The first-order valence-corrected chi connectivity index (χ1v) is 10.4. The topological polar surface area (TPSA) is 72.9 Å². The van der Waals surface area contributed by atoms with E-state index in [1.54, 1.807) is 50.3 Å². The van der Waals surface area contributed by atoms with Crippen molar-refractivity contribution in [3.05, 3.63) is 69.6 Å². The molecule has 1 heterocycles. The second kappa shape index (κ2) is 9.82. The average molecular weight is 446 g/mol. The van der Waals surface area contributed by atoms with Crippen LogP contribution in [-0.4, -0.2) is 34.7 Å². The zero-order chi connectivity index (χ0) is 21.7. The summed E-state index contributed by atoms with van der Waals surface area (Å²) in [5.41, 5.74) is 1.69. The fourth-order valence-electron chi connectivity index (χ4n) is 2.67. The SMILES string of the molecule is CC(C)OC(=O)CN1C(=O)S/C(=C\c2ccc(OCc3cccc(Cl)c3)cc2)C1=O. The Morgan fingerprint density at radius 1 is 1.17 bits per heavy atom. The molecular weight excluding hydrogens is 426 g/mol. The summed E-state index contributed by atoms with van der Waals surface area (Å²) in [6, 6.07) is 14.6. The molecule has 8 heteroatoms. The van der Waals surface area contributed by atoms with Gasteiger partial charge in [0.2, 0.25) is 0 Å². The number of esters is 1. The van der Waals surface area contributed by atoms with Crippen LogP contribution in [0.3, 0.4) is 0 Å². The molecule has 0 radical (unpaired) electrons. The van der Waals surface area contributed by atoms with E-state index in [-0.39, 0.29) is 11.0 Å². The molecule has 6 nitrogen and oxygen atoms in total. The molecule has 0 aliphatic carbocycles. The third-order valence-corrected chi connectivity index (χ3v) is 5.14. The second-order valence-electron chi connectivity index (χ2n) is 6.79. The van der Waals surface area contributed by atoms with E-state index in [4.69, 9.17) is 21.1 Å². The Kier molecular flexibility index (Phi) is 7.18. The van der Waals surface area contributed by atoms with Crippen LogP contribution >= 0.6 is 23.4 Å². The highest BCUT2D eigenvalue weighted by molar-refractivity contribution is 8.18. The third-order valence-electron chi connectivity index (χ3n) is 4.00. The lowest BCUT2D eigenvalue weighted by atomic mass is 10.2. The highest BCUT2D eigenvalue weighted by Crippen LogP contribution is 2.32. The van der Waals surface area contributed by atoms with Gasteiger partial charge in [-0.1, -0.05) is 35.9 Å². The number of benzene rings is 2. The first-order valence-electron chi connectivity index (χ1n) is 9.24. The number of halogens is 1. The van der Waals surface area contributed by atoms with Crippen molar-refractivity contribution in [1.29, 1.82) is 0 Å². The van der Waals surface area contributed by atoms with E-state index in [9.17, 15) is 14.4 Å². The van der Waals surface area contributed by atoms with Crippen LogP contribution in [0.25, 0.3) is 6.08 Å². The van der Waals surface area contributed by atoms with Crippen molar-refractivity contribution in [3.63, 3.8) is 0 Å². The maximum atomic E-state index is 12.5. The molecular formula is C22H20ClNO5S. The van der Waals surface area contributed by atoms with Crippen molar-refractivity contribution in [1.82, 2.24) is 4.90 Å². The molecule has 1 aliphatic heterocycles.